The van der Waals surface area contributed by atoms with Crippen LogP contribution in [0.1, 0.15) is 60.1 Å². The third kappa shape index (κ3) is 8.13. The van der Waals surface area contributed by atoms with Crippen LogP contribution < -0.4 is 0 Å². The maximum atomic E-state index is 5.77. The Morgan fingerprint density at radius 3 is 1.69 bits per heavy atom. The summed E-state index contributed by atoms with van der Waals surface area (Å²) in [5, 5.41) is 0. The van der Waals surface area contributed by atoms with Gasteiger partial charge in [0.15, 0.2) is 0 Å². The minimum atomic E-state index is 0.722. The predicted molar refractivity (Wildman–Crippen MR) is 137 cm³/mol. The summed E-state index contributed by atoms with van der Waals surface area (Å²) in [6.07, 6.45) is 12.0. The maximum absolute atomic E-state index is 5.77. The molecule has 0 aromatic heterocycles. The monoisotopic (exact) mass is 426 g/mol. The molecule has 3 aromatic carbocycles. The lowest BCUT2D eigenvalue weighted by atomic mass is 9.98. The lowest BCUT2D eigenvalue weighted by molar-refractivity contribution is 0.121. The van der Waals surface area contributed by atoms with E-state index in [1.807, 2.05) is 0 Å². The fourth-order valence-electron chi connectivity index (χ4n) is 3.94. The first-order valence-electron chi connectivity index (χ1n) is 12.2. The van der Waals surface area contributed by atoms with Crippen molar-refractivity contribution in [3.63, 3.8) is 0 Å². The highest BCUT2D eigenvalue weighted by molar-refractivity contribution is 5.30. The normalized spacial score (nSPS) is 11.3. The number of rotatable bonds is 13. The van der Waals surface area contributed by atoms with E-state index in [-0.39, 0.29) is 0 Å². The second kappa shape index (κ2) is 13.7. The van der Waals surface area contributed by atoms with Crippen molar-refractivity contribution >= 4 is 0 Å². The summed E-state index contributed by atoms with van der Waals surface area (Å²) in [6.45, 7) is 5.88. The zero-order valence-corrected chi connectivity index (χ0v) is 19.9. The first-order chi connectivity index (χ1) is 15.8. The standard InChI is InChI=1S/C31H38O/c1-3-5-6-9-26-12-14-27(15-13-26)16-17-28-18-20-29(21-19-28)22-23-30-10-7-8-11-31(30)25-32-24-4-2/h5-8,10-15,18-21H,3-4,9,16-17,22-25H2,1-2H3/b6-5+. The molecule has 1 nitrogen and oxygen atoms in total. The van der Waals surface area contributed by atoms with Crippen LogP contribution in [0.5, 0.6) is 0 Å². The maximum Gasteiger partial charge on any atom is 0.0719 e. The molecule has 0 saturated carbocycles. The van der Waals surface area contributed by atoms with Crippen LogP contribution in [0, 0.1) is 0 Å². The van der Waals surface area contributed by atoms with Crippen molar-refractivity contribution in [3.8, 4) is 0 Å². The number of aryl methyl sites for hydroxylation is 4. The first-order valence-corrected chi connectivity index (χ1v) is 12.2. The number of hydrogen-bond acceptors (Lipinski definition) is 1. The molecule has 0 saturated heterocycles. The lowest BCUT2D eigenvalue weighted by Gasteiger charge is -2.10. The van der Waals surface area contributed by atoms with E-state index in [9.17, 15) is 0 Å². The molecule has 168 valence electrons. The molecule has 32 heavy (non-hydrogen) atoms. The van der Waals surface area contributed by atoms with Crippen LogP contribution in [-0.4, -0.2) is 6.61 Å². The van der Waals surface area contributed by atoms with E-state index in [1.165, 1.54) is 33.4 Å². The van der Waals surface area contributed by atoms with E-state index in [1.54, 1.807) is 0 Å². The van der Waals surface area contributed by atoms with E-state index in [0.29, 0.717) is 0 Å². The predicted octanol–water partition coefficient (Wildman–Crippen LogP) is 7.69. The minimum Gasteiger partial charge on any atom is -0.377 e. The molecule has 0 fully saturated rings. The van der Waals surface area contributed by atoms with Gasteiger partial charge >= 0.3 is 0 Å². The van der Waals surface area contributed by atoms with Crippen molar-refractivity contribution in [1.82, 2.24) is 0 Å². The van der Waals surface area contributed by atoms with Crippen LogP contribution in [0.4, 0.5) is 0 Å². The Morgan fingerprint density at radius 1 is 0.594 bits per heavy atom. The van der Waals surface area contributed by atoms with E-state index in [2.05, 4.69) is 98.8 Å². The smallest absolute Gasteiger partial charge is 0.0719 e. The highest BCUT2D eigenvalue weighted by Gasteiger charge is 2.04. The van der Waals surface area contributed by atoms with Crippen LogP contribution >= 0.6 is 0 Å². The molecular formula is C31H38O. The van der Waals surface area contributed by atoms with Gasteiger partial charge < -0.3 is 4.74 Å². The molecule has 0 heterocycles. The van der Waals surface area contributed by atoms with Crippen LogP contribution in [-0.2, 0) is 43.4 Å². The highest BCUT2D eigenvalue weighted by atomic mass is 16.5. The summed E-state index contributed by atoms with van der Waals surface area (Å²) in [6, 6.07) is 27.0. The number of hydrogen-bond donors (Lipinski definition) is 0. The molecule has 1 heteroatoms. The molecule has 0 N–H and O–H groups in total. The van der Waals surface area contributed by atoms with Gasteiger partial charge in [-0.2, -0.15) is 0 Å². The van der Waals surface area contributed by atoms with Crippen molar-refractivity contribution < 1.29 is 4.74 Å². The molecule has 0 aliphatic heterocycles. The zero-order valence-electron chi connectivity index (χ0n) is 19.9. The van der Waals surface area contributed by atoms with Gasteiger partial charge in [0, 0.05) is 6.61 Å². The molecule has 0 spiro atoms. The van der Waals surface area contributed by atoms with Crippen LogP contribution in [0.15, 0.2) is 84.9 Å². The third-order valence-electron chi connectivity index (χ3n) is 5.91. The zero-order chi connectivity index (χ0) is 22.4. The first kappa shape index (κ1) is 24.0. The summed E-state index contributed by atoms with van der Waals surface area (Å²) in [7, 11) is 0. The Kier molecular flexibility index (Phi) is 10.3. The number of ether oxygens (including phenoxy) is 1. The van der Waals surface area contributed by atoms with E-state index in [4.69, 9.17) is 4.74 Å². The van der Waals surface area contributed by atoms with E-state index < -0.39 is 0 Å². The molecule has 0 bridgehead atoms. The van der Waals surface area contributed by atoms with Crippen molar-refractivity contribution in [3.05, 3.63) is 118 Å². The summed E-state index contributed by atoms with van der Waals surface area (Å²) < 4.78 is 5.77. The third-order valence-corrected chi connectivity index (χ3v) is 5.91. The molecule has 0 atom stereocenters. The summed E-state index contributed by atoms with van der Waals surface area (Å²) in [5.74, 6) is 0. The van der Waals surface area contributed by atoms with Gasteiger partial charge in [-0.3, -0.25) is 0 Å². The van der Waals surface area contributed by atoms with Gasteiger partial charge in [-0.1, -0.05) is 98.8 Å². The van der Waals surface area contributed by atoms with Gasteiger partial charge in [0.05, 0.1) is 6.61 Å². The summed E-state index contributed by atoms with van der Waals surface area (Å²) >= 11 is 0. The largest absolute Gasteiger partial charge is 0.377 e. The van der Waals surface area contributed by atoms with Crippen LogP contribution in [0.2, 0.25) is 0 Å². The number of allylic oxidation sites excluding steroid dienone is 2. The second-order valence-corrected chi connectivity index (χ2v) is 8.54. The van der Waals surface area contributed by atoms with Gasteiger partial charge in [-0.15, -0.1) is 0 Å². The fraction of sp³-hybridized carbons (Fsp3) is 0.355. The van der Waals surface area contributed by atoms with Crippen molar-refractivity contribution in [2.45, 2.75) is 65.4 Å². The number of benzene rings is 3. The Labute approximate surface area is 195 Å². The molecule has 0 aliphatic carbocycles. The molecular weight excluding hydrogens is 388 g/mol. The Morgan fingerprint density at radius 2 is 1.12 bits per heavy atom. The van der Waals surface area contributed by atoms with Crippen molar-refractivity contribution in [2.24, 2.45) is 0 Å². The topological polar surface area (TPSA) is 9.23 Å². The van der Waals surface area contributed by atoms with E-state index in [0.717, 1.165) is 58.2 Å². The minimum absolute atomic E-state index is 0.722. The molecule has 0 radical (unpaired) electrons. The molecule has 0 amide bonds. The SMILES string of the molecule is CC/C=C/Cc1ccc(CCc2ccc(CCc3ccccc3COCCC)cc2)cc1. The van der Waals surface area contributed by atoms with Gasteiger partial charge in [-0.25, -0.2) is 0 Å². The average Bonchev–Trinajstić information content (AvgIpc) is 2.84. The molecule has 0 unspecified atom stereocenters. The highest BCUT2D eigenvalue weighted by Crippen LogP contribution is 2.16. The summed E-state index contributed by atoms with van der Waals surface area (Å²) in [4.78, 5) is 0. The fourth-order valence-corrected chi connectivity index (χ4v) is 3.94. The van der Waals surface area contributed by atoms with E-state index >= 15 is 0 Å². The van der Waals surface area contributed by atoms with Gasteiger partial charge in [0.25, 0.3) is 0 Å². The second-order valence-electron chi connectivity index (χ2n) is 8.54. The van der Waals surface area contributed by atoms with Gasteiger partial charge in [0.2, 0.25) is 0 Å². The van der Waals surface area contributed by atoms with Gasteiger partial charge in [0.1, 0.15) is 0 Å². The Bertz CT molecular complexity index is 935. The Hall–Kier alpha value is -2.64. The van der Waals surface area contributed by atoms with Crippen LogP contribution in [0.25, 0.3) is 0 Å². The average molecular weight is 427 g/mol. The van der Waals surface area contributed by atoms with Crippen molar-refractivity contribution in [2.75, 3.05) is 6.61 Å². The van der Waals surface area contributed by atoms with Gasteiger partial charge in [-0.05, 0) is 78.3 Å². The molecule has 3 aromatic rings. The quantitative estimate of drug-likeness (QED) is 0.201. The molecule has 3 rings (SSSR count). The van der Waals surface area contributed by atoms with Crippen LogP contribution in [0.3, 0.4) is 0 Å². The van der Waals surface area contributed by atoms with Crippen molar-refractivity contribution in [1.29, 1.82) is 0 Å². The molecule has 0 aliphatic rings. The summed E-state index contributed by atoms with van der Waals surface area (Å²) in [5.41, 5.74) is 8.35. The Balaban J connectivity index is 1.47. The lowest BCUT2D eigenvalue weighted by Crippen LogP contribution is -2.01.